The number of hydrogen-bond acceptors (Lipinski definition) is 4. The predicted molar refractivity (Wildman–Crippen MR) is 157 cm³/mol. The van der Waals surface area contributed by atoms with Crippen LogP contribution in [0.25, 0.3) is 0 Å². The first-order valence-electron chi connectivity index (χ1n) is 13.8. The van der Waals surface area contributed by atoms with Crippen molar-refractivity contribution in [1.29, 1.82) is 0 Å². The van der Waals surface area contributed by atoms with Crippen LogP contribution < -0.4 is 0 Å². The standard InChI is InChI=1S/C32H50O4Si/c1-7-16-31(36-37(5,6)32(2,3)4)24-29(33)23-30(35-26-28-19-12-9-13-20-28)21-14-15-22-34-25-27-17-10-8-11-18-27/h7-13,17-20,29-31,33H,1,14-16,21-26H2,2-6H3/t29-,30-,31-/m0/s1. The van der Waals surface area contributed by atoms with Crippen LogP contribution in [0.4, 0.5) is 0 Å². The van der Waals surface area contributed by atoms with E-state index in [0.717, 1.165) is 37.9 Å². The topological polar surface area (TPSA) is 47.9 Å². The molecule has 0 aliphatic carbocycles. The van der Waals surface area contributed by atoms with Crippen LogP contribution in [0.1, 0.15) is 70.4 Å². The Morgan fingerprint density at radius 1 is 0.865 bits per heavy atom. The molecule has 3 atom stereocenters. The smallest absolute Gasteiger partial charge is 0.192 e. The van der Waals surface area contributed by atoms with Gasteiger partial charge in [-0.15, -0.1) is 6.58 Å². The molecular formula is C32H50O4Si. The summed E-state index contributed by atoms with van der Waals surface area (Å²) in [6.07, 6.45) is 6.21. The van der Waals surface area contributed by atoms with Crippen molar-refractivity contribution in [1.82, 2.24) is 0 Å². The largest absolute Gasteiger partial charge is 0.414 e. The molecule has 2 aromatic carbocycles. The second kappa shape index (κ2) is 16.3. The van der Waals surface area contributed by atoms with E-state index < -0.39 is 14.4 Å². The van der Waals surface area contributed by atoms with Crippen LogP contribution >= 0.6 is 0 Å². The molecule has 0 saturated carbocycles. The maximum absolute atomic E-state index is 11.1. The molecule has 0 aromatic heterocycles. The summed E-state index contributed by atoms with van der Waals surface area (Å²) in [6, 6.07) is 20.5. The van der Waals surface area contributed by atoms with Crippen molar-refractivity contribution in [2.24, 2.45) is 0 Å². The van der Waals surface area contributed by atoms with Gasteiger partial charge in [0.15, 0.2) is 8.32 Å². The predicted octanol–water partition coefficient (Wildman–Crippen LogP) is 8.07. The van der Waals surface area contributed by atoms with Crippen LogP contribution in [0.3, 0.4) is 0 Å². The summed E-state index contributed by atoms with van der Waals surface area (Å²) in [5.41, 5.74) is 2.35. The van der Waals surface area contributed by atoms with Crippen molar-refractivity contribution in [2.45, 2.75) is 109 Å². The molecule has 2 aromatic rings. The molecule has 0 radical (unpaired) electrons. The number of rotatable bonds is 18. The summed E-state index contributed by atoms with van der Waals surface area (Å²) in [4.78, 5) is 0. The number of aliphatic hydroxyl groups excluding tert-OH is 1. The Balaban J connectivity index is 1.87. The van der Waals surface area contributed by atoms with Gasteiger partial charge in [-0.3, -0.25) is 0 Å². The summed E-state index contributed by atoms with van der Waals surface area (Å²) >= 11 is 0. The molecule has 0 spiro atoms. The van der Waals surface area contributed by atoms with Crippen LogP contribution in [0.2, 0.25) is 18.1 Å². The van der Waals surface area contributed by atoms with Crippen LogP contribution in [-0.2, 0) is 27.1 Å². The molecule has 0 aliphatic heterocycles. The van der Waals surface area contributed by atoms with E-state index in [0.29, 0.717) is 26.1 Å². The number of unbranched alkanes of at least 4 members (excludes halogenated alkanes) is 1. The number of ether oxygens (including phenoxy) is 2. The van der Waals surface area contributed by atoms with Crippen LogP contribution in [0.5, 0.6) is 0 Å². The van der Waals surface area contributed by atoms with E-state index in [1.165, 1.54) is 5.56 Å². The van der Waals surface area contributed by atoms with Gasteiger partial charge in [0.05, 0.1) is 31.5 Å². The van der Waals surface area contributed by atoms with Crippen molar-refractivity contribution in [3.63, 3.8) is 0 Å². The Morgan fingerprint density at radius 2 is 1.43 bits per heavy atom. The molecule has 0 saturated heterocycles. The van der Waals surface area contributed by atoms with Gasteiger partial charge in [-0.05, 0) is 67.8 Å². The zero-order chi connectivity index (χ0) is 27.2. The zero-order valence-electron chi connectivity index (χ0n) is 23.8. The summed E-state index contributed by atoms with van der Waals surface area (Å²) in [7, 11) is -1.93. The lowest BCUT2D eigenvalue weighted by atomic mass is 10.0. The van der Waals surface area contributed by atoms with Crippen LogP contribution in [-0.4, -0.2) is 38.3 Å². The summed E-state index contributed by atoms with van der Waals surface area (Å²) < 4.78 is 18.8. The first-order valence-corrected chi connectivity index (χ1v) is 16.8. The number of aliphatic hydroxyl groups is 1. The highest BCUT2D eigenvalue weighted by Gasteiger charge is 2.39. The second-order valence-electron chi connectivity index (χ2n) is 11.6. The number of benzene rings is 2. The monoisotopic (exact) mass is 526 g/mol. The third-order valence-corrected chi connectivity index (χ3v) is 11.8. The molecule has 0 aliphatic rings. The maximum atomic E-state index is 11.1. The minimum atomic E-state index is -1.93. The van der Waals surface area contributed by atoms with Crippen LogP contribution in [0, 0.1) is 0 Å². The minimum absolute atomic E-state index is 0.0124. The van der Waals surface area contributed by atoms with Crippen LogP contribution in [0.15, 0.2) is 73.3 Å². The Bertz CT molecular complexity index is 863. The highest BCUT2D eigenvalue weighted by Crippen LogP contribution is 2.38. The van der Waals surface area contributed by atoms with Gasteiger partial charge >= 0.3 is 0 Å². The van der Waals surface area contributed by atoms with Crippen molar-refractivity contribution < 1.29 is 19.0 Å². The summed E-state index contributed by atoms with van der Waals surface area (Å²) in [5.74, 6) is 0. The van der Waals surface area contributed by atoms with Crippen molar-refractivity contribution in [2.75, 3.05) is 6.61 Å². The first-order chi connectivity index (χ1) is 17.6. The van der Waals surface area contributed by atoms with Gasteiger partial charge in [0.2, 0.25) is 0 Å². The third kappa shape index (κ3) is 12.6. The van der Waals surface area contributed by atoms with E-state index in [9.17, 15) is 5.11 Å². The molecule has 5 heteroatoms. The van der Waals surface area contributed by atoms with Gasteiger partial charge < -0.3 is 19.0 Å². The SMILES string of the molecule is C=CC[C@@H](C[C@@H](O)C[C@H](CCCCOCc1ccccc1)OCc1ccccc1)O[Si](C)(C)C(C)(C)C. The zero-order valence-corrected chi connectivity index (χ0v) is 24.8. The fourth-order valence-electron chi connectivity index (χ4n) is 4.07. The van der Waals surface area contributed by atoms with Crippen molar-refractivity contribution in [3.8, 4) is 0 Å². The van der Waals surface area contributed by atoms with Gasteiger partial charge in [-0.25, -0.2) is 0 Å². The van der Waals surface area contributed by atoms with E-state index in [1.54, 1.807) is 0 Å². The Kier molecular flexibility index (Phi) is 13.8. The van der Waals surface area contributed by atoms with E-state index >= 15 is 0 Å². The lowest BCUT2D eigenvalue weighted by molar-refractivity contribution is -0.0133. The molecule has 0 heterocycles. The normalized spacial score (nSPS) is 14.8. The molecule has 2 rings (SSSR count). The van der Waals surface area contributed by atoms with Crippen molar-refractivity contribution in [3.05, 3.63) is 84.4 Å². The average Bonchev–Trinajstić information content (AvgIpc) is 2.85. The average molecular weight is 527 g/mol. The van der Waals surface area contributed by atoms with E-state index in [4.69, 9.17) is 13.9 Å². The molecule has 0 unspecified atom stereocenters. The summed E-state index contributed by atoms with van der Waals surface area (Å²) in [6.45, 7) is 17.1. The van der Waals surface area contributed by atoms with Gasteiger partial charge in [-0.2, -0.15) is 0 Å². The second-order valence-corrected chi connectivity index (χ2v) is 16.4. The molecular weight excluding hydrogens is 476 g/mol. The lowest BCUT2D eigenvalue weighted by Gasteiger charge is -2.39. The summed E-state index contributed by atoms with van der Waals surface area (Å²) in [5, 5.41) is 11.2. The van der Waals surface area contributed by atoms with E-state index in [-0.39, 0.29) is 17.2 Å². The fourth-order valence-corrected chi connectivity index (χ4v) is 5.45. The molecule has 0 bridgehead atoms. The van der Waals surface area contributed by atoms with Gasteiger partial charge in [-0.1, -0.05) is 87.5 Å². The highest BCUT2D eigenvalue weighted by molar-refractivity contribution is 6.74. The molecule has 4 nitrogen and oxygen atoms in total. The Hall–Kier alpha value is -1.76. The molecule has 206 valence electrons. The third-order valence-electron chi connectivity index (χ3n) is 7.27. The molecule has 37 heavy (non-hydrogen) atoms. The molecule has 1 N–H and O–H groups in total. The lowest BCUT2D eigenvalue weighted by Crippen LogP contribution is -2.44. The first kappa shape index (κ1) is 31.5. The van der Waals surface area contributed by atoms with Gasteiger partial charge in [0.25, 0.3) is 0 Å². The quantitative estimate of drug-likeness (QED) is 0.121. The number of hydrogen-bond donors (Lipinski definition) is 1. The van der Waals surface area contributed by atoms with E-state index in [2.05, 4.69) is 64.7 Å². The fraction of sp³-hybridized carbons (Fsp3) is 0.562. The van der Waals surface area contributed by atoms with Crippen molar-refractivity contribution >= 4 is 8.32 Å². The van der Waals surface area contributed by atoms with Gasteiger partial charge in [0, 0.05) is 6.61 Å². The van der Waals surface area contributed by atoms with Gasteiger partial charge in [0.1, 0.15) is 0 Å². The minimum Gasteiger partial charge on any atom is -0.414 e. The Labute approximate surface area is 227 Å². The Morgan fingerprint density at radius 3 is 2.00 bits per heavy atom. The maximum Gasteiger partial charge on any atom is 0.192 e. The van der Waals surface area contributed by atoms with E-state index in [1.807, 2.05) is 42.5 Å². The molecule has 0 amide bonds. The molecule has 0 fully saturated rings. The highest BCUT2D eigenvalue weighted by atomic mass is 28.4.